The van der Waals surface area contributed by atoms with Crippen LogP contribution in [0.15, 0.2) is 29.3 Å². The van der Waals surface area contributed by atoms with E-state index in [1.165, 1.54) is 5.56 Å². The molecule has 0 spiro atoms. The van der Waals surface area contributed by atoms with Crippen molar-refractivity contribution >= 4 is 0 Å². The molecule has 1 fully saturated rings. The third-order valence-corrected chi connectivity index (χ3v) is 4.51. The molecular formula is C18H24N4O. The number of hydrogen-bond acceptors (Lipinski definition) is 4. The van der Waals surface area contributed by atoms with Crippen LogP contribution in [0.2, 0.25) is 0 Å². The van der Waals surface area contributed by atoms with Crippen molar-refractivity contribution in [2.24, 2.45) is 0 Å². The van der Waals surface area contributed by atoms with Gasteiger partial charge < -0.3 is 4.98 Å². The Hall–Kier alpha value is -2.01. The molecule has 5 heteroatoms. The lowest BCUT2D eigenvalue weighted by Crippen LogP contribution is -2.33. The number of piperidine rings is 1. The van der Waals surface area contributed by atoms with E-state index in [0.29, 0.717) is 5.92 Å². The fourth-order valence-electron chi connectivity index (χ4n) is 3.23. The van der Waals surface area contributed by atoms with Crippen molar-refractivity contribution in [3.05, 3.63) is 57.5 Å². The zero-order valence-corrected chi connectivity index (χ0v) is 13.9. The maximum Gasteiger partial charge on any atom is 0.182 e. The number of pyridine rings is 1. The molecule has 5 nitrogen and oxygen atoms in total. The average Bonchev–Trinajstić information content (AvgIpc) is 2.55. The third kappa shape index (κ3) is 4.05. The summed E-state index contributed by atoms with van der Waals surface area (Å²) in [6.45, 7) is 6.99. The third-order valence-electron chi connectivity index (χ3n) is 4.51. The summed E-state index contributed by atoms with van der Waals surface area (Å²) in [6.07, 6.45) is 6.91. The summed E-state index contributed by atoms with van der Waals surface area (Å²) in [7, 11) is 0. The van der Waals surface area contributed by atoms with E-state index in [1.807, 2.05) is 19.3 Å². The van der Waals surface area contributed by atoms with E-state index in [1.54, 1.807) is 12.1 Å². The number of hydrogen-bond donors (Lipinski definition) is 1. The van der Waals surface area contributed by atoms with Gasteiger partial charge in [0.25, 0.3) is 0 Å². The van der Waals surface area contributed by atoms with Crippen LogP contribution in [0.25, 0.3) is 0 Å². The van der Waals surface area contributed by atoms with Gasteiger partial charge in [0, 0.05) is 60.4 Å². The van der Waals surface area contributed by atoms with Crippen molar-refractivity contribution in [1.29, 1.82) is 0 Å². The topological polar surface area (TPSA) is 61.9 Å². The van der Waals surface area contributed by atoms with Crippen LogP contribution in [0.1, 0.15) is 48.5 Å². The van der Waals surface area contributed by atoms with Crippen LogP contribution < -0.4 is 5.43 Å². The minimum atomic E-state index is 0.104. The Morgan fingerprint density at radius 2 is 1.91 bits per heavy atom. The zero-order valence-electron chi connectivity index (χ0n) is 13.9. The maximum absolute atomic E-state index is 11.7. The quantitative estimate of drug-likeness (QED) is 0.942. The van der Waals surface area contributed by atoms with E-state index >= 15 is 0 Å². The molecule has 1 N–H and O–H groups in total. The van der Waals surface area contributed by atoms with Gasteiger partial charge in [-0.2, -0.15) is 0 Å². The summed E-state index contributed by atoms with van der Waals surface area (Å²) in [5.74, 6) is 1.36. The molecule has 0 amide bonds. The normalized spacial score (nSPS) is 16.6. The number of H-pyrrole nitrogens is 1. The van der Waals surface area contributed by atoms with Gasteiger partial charge in [-0.15, -0.1) is 0 Å². The molecule has 0 aromatic carbocycles. The number of rotatable bonds is 4. The van der Waals surface area contributed by atoms with Crippen LogP contribution in [0, 0.1) is 6.92 Å². The minimum absolute atomic E-state index is 0.104. The van der Waals surface area contributed by atoms with Gasteiger partial charge in [0.2, 0.25) is 0 Å². The Bertz CT molecular complexity index is 700. The molecule has 0 bridgehead atoms. The number of nitrogens with zero attached hydrogens (tertiary/aromatic N) is 3. The summed E-state index contributed by atoms with van der Waals surface area (Å²) in [6, 6.07) is 3.41. The highest BCUT2D eigenvalue weighted by atomic mass is 16.1. The van der Waals surface area contributed by atoms with E-state index in [9.17, 15) is 4.79 Å². The first-order chi connectivity index (χ1) is 11.1. The van der Waals surface area contributed by atoms with Gasteiger partial charge in [0.15, 0.2) is 5.43 Å². The number of aromatic amines is 1. The predicted molar refractivity (Wildman–Crippen MR) is 90.5 cm³/mol. The highest BCUT2D eigenvalue weighted by molar-refractivity contribution is 5.15. The van der Waals surface area contributed by atoms with Crippen molar-refractivity contribution < 1.29 is 0 Å². The summed E-state index contributed by atoms with van der Waals surface area (Å²) in [5.41, 5.74) is 3.31. The number of nitrogens with one attached hydrogen (secondary N) is 1. The van der Waals surface area contributed by atoms with Gasteiger partial charge >= 0.3 is 0 Å². The molecule has 0 saturated carbocycles. The number of aryl methyl sites for hydroxylation is 2. The highest BCUT2D eigenvalue weighted by Gasteiger charge is 2.21. The standard InChI is InChI=1S/C18H24N4O/c1-3-18-19-10-14(11-20-18)12-22-6-4-15(5-7-22)17-9-16(23)8-13(2)21-17/h8-11,15H,3-7,12H2,1-2H3,(H,21,23). The van der Waals surface area contributed by atoms with Crippen LogP contribution in [0.5, 0.6) is 0 Å². The van der Waals surface area contributed by atoms with Crippen molar-refractivity contribution in [3.63, 3.8) is 0 Å². The first-order valence-corrected chi connectivity index (χ1v) is 8.37. The largest absolute Gasteiger partial charge is 0.362 e. The molecule has 23 heavy (non-hydrogen) atoms. The van der Waals surface area contributed by atoms with E-state index in [-0.39, 0.29) is 5.43 Å². The summed E-state index contributed by atoms with van der Waals surface area (Å²) in [5, 5.41) is 0. The van der Waals surface area contributed by atoms with Crippen molar-refractivity contribution in [2.75, 3.05) is 13.1 Å². The monoisotopic (exact) mass is 312 g/mol. The first-order valence-electron chi connectivity index (χ1n) is 8.37. The molecule has 0 aliphatic carbocycles. The van der Waals surface area contributed by atoms with E-state index < -0.39 is 0 Å². The van der Waals surface area contributed by atoms with Gasteiger partial charge in [-0.05, 0) is 32.9 Å². The summed E-state index contributed by atoms with van der Waals surface area (Å²) >= 11 is 0. The summed E-state index contributed by atoms with van der Waals surface area (Å²) < 4.78 is 0. The number of likely N-dealkylation sites (tertiary alicyclic amines) is 1. The van der Waals surface area contributed by atoms with Crippen molar-refractivity contribution in [3.8, 4) is 0 Å². The fourth-order valence-corrected chi connectivity index (χ4v) is 3.23. The van der Waals surface area contributed by atoms with Gasteiger partial charge in [-0.3, -0.25) is 9.69 Å². The van der Waals surface area contributed by atoms with E-state index in [0.717, 1.165) is 56.1 Å². The molecule has 1 aliphatic rings. The van der Waals surface area contributed by atoms with E-state index in [2.05, 4.69) is 26.8 Å². The lowest BCUT2D eigenvalue weighted by Gasteiger charge is -2.31. The lowest BCUT2D eigenvalue weighted by molar-refractivity contribution is 0.203. The average molecular weight is 312 g/mol. The molecule has 0 unspecified atom stereocenters. The van der Waals surface area contributed by atoms with Crippen molar-refractivity contribution in [1.82, 2.24) is 19.9 Å². The smallest absolute Gasteiger partial charge is 0.182 e. The second-order valence-corrected chi connectivity index (χ2v) is 6.37. The SMILES string of the molecule is CCc1ncc(CN2CCC(c3cc(=O)cc(C)[nH]3)CC2)cn1. The van der Waals surface area contributed by atoms with Crippen LogP contribution in [0.3, 0.4) is 0 Å². The van der Waals surface area contributed by atoms with Crippen LogP contribution >= 0.6 is 0 Å². The lowest BCUT2D eigenvalue weighted by atomic mass is 9.92. The minimum Gasteiger partial charge on any atom is -0.362 e. The predicted octanol–water partition coefficient (Wildman–Crippen LogP) is 2.42. The number of aromatic nitrogens is 3. The van der Waals surface area contributed by atoms with Crippen LogP contribution in [-0.2, 0) is 13.0 Å². The van der Waals surface area contributed by atoms with E-state index in [4.69, 9.17) is 0 Å². The van der Waals surface area contributed by atoms with Crippen LogP contribution in [0.4, 0.5) is 0 Å². The van der Waals surface area contributed by atoms with Crippen molar-refractivity contribution in [2.45, 2.75) is 45.6 Å². The summed E-state index contributed by atoms with van der Waals surface area (Å²) in [4.78, 5) is 26.2. The Labute approximate surface area is 136 Å². The molecule has 0 atom stereocenters. The second kappa shape index (κ2) is 7.04. The fraction of sp³-hybridized carbons (Fsp3) is 0.500. The molecule has 3 heterocycles. The second-order valence-electron chi connectivity index (χ2n) is 6.37. The zero-order chi connectivity index (χ0) is 16.2. The Kier molecular flexibility index (Phi) is 4.86. The molecule has 0 radical (unpaired) electrons. The Morgan fingerprint density at radius 1 is 1.22 bits per heavy atom. The highest BCUT2D eigenvalue weighted by Crippen LogP contribution is 2.26. The van der Waals surface area contributed by atoms with Gasteiger partial charge in [0.1, 0.15) is 5.82 Å². The van der Waals surface area contributed by atoms with Gasteiger partial charge in [-0.1, -0.05) is 6.92 Å². The molecular weight excluding hydrogens is 288 g/mol. The van der Waals surface area contributed by atoms with Gasteiger partial charge in [-0.25, -0.2) is 9.97 Å². The molecule has 2 aromatic rings. The molecule has 3 rings (SSSR count). The van der Waals surface area contributed by atoms with Crippen LogP contribution in [-0.4, -0.2) is 32.9 Å². The Morgan fingerprint density at radius 3 is 2.52 bits per heavy atom. The molecule has 2 aromatic heterocycles. The first kappa shape index (κ1) is 15.9. The Balaban J connectivity index is 1.58. The molecule has 1 aliphatic heterocycles. The molecule has 1 saturated heterocycles. The maximum atomic E-state index is 11.7. The molecule has 122 valence electrons. The van der Waals surface area contributed by atoms with Gasteiger partial charge in [0.05, 0.1) is 0 Å².